The maximum absolute atomic E-state index is 12.7. The van der Waals surface area contributed by atoms with Crippen LogP contribution in [0, 0.1) is 0 Å². The van der Waals surface area contributed by atoms with Crippen molar-refractivity contribution in [3.8, 4) is 0 Å². The van der Waals surface area contributed by atoms with E-state index in [9.17, 15) is 9.90 Å². The number of likely N-dealkylation sites (N-methyl/N-ethyl adjacent to an activating group) is 1. The Balaban J connectivity index is 2.04. The molecule has 0 spiro atoms. The minimum Gasteiger partial charge on any atom is -0.477 e. The zero-order chi connectivity index (χ0) is 22.8. The van der Waals surface area contributed by atoms with Crippen LogP contribution in [0.1, 0.15) is 33.1 Å². The number of carbonyl (C=O) groups is 1. The summed E-state index contributed by atoms with van der Waals surface area (Å²) in [5, 5.41) is 12.6. The molecule has 0 aliphatic heterocycles. The Morgan fingerprint density at radius 2 is 1.44 bits per heavy atom. The maximum atomic E-state index is 12.7. The van der Waals surface area contributed by atoms with Crippen molar-refractivity contribution in [2.75, 3.05) is 20.6 Å². The lowest BCUT2D eigenvalue weighted by molar-refractivity contribution is 0.0683. The summed E-state index contributed by atoms with van der Waals surface area (Å²) in [5.41, 5.74) is 3.93. The Morgan fingerprint density at radius 1 is 0.906 bits per heavy atom. The van der Waals surface area contributed by atoms with E-state index in [1.165, 1.54) is 0 Å². The highest BCUT2D eigenvalue weighted by atomic mass is 35.5. The summed E-state index contributed by atoms with van der Waals surface area (Å²) in [6.07, 6.45) is 0. The second-order valence-electron chi connectivity index (χ2n) is 8.08. The Morgan fingerprint density at radius 3 is 1.94 bits per heavy atom. The van der Waals surface area contributed by atoms with E-state index < -0.39 is 5.97 Å². The number of carboxylic acids is 1. The molecule has 4 nitrogen and oxygen atoms in total. The molecule has 4 aromatic rings. The van der Waals surface area contributed by atoms with E-state index in [2.05, 4.69) is 4.90 Å². The van der Waals surface area contributed by atoms with Crippen molar-refractivity contribution in [3.63, 3.8) is 0 Å². The van der Waals surface area contributed by atoms with Crippen LogP contribution in [-0.4, -0.2) is 41.2 Å². The van der Waals surface area contributed by atoms with E-state index >= 15 is 0 Å². The monoisotopic (exact) mass is 466 g/mol. The first kappa shape index (κ1) is 22.4. The Labute approximate surface area is 197 Å². The average Bonchev–Trinajstić information content (AvgIpc) is 3.09. The summed E-state index contributed by atoms with van der Waals surface area (Å²) in [6, 6.07) is 23.1. The lowest BCUT2D eigenvalue weighted by Crippen LogP contribution is -2.21. The van der Waals surface area contributed by atoms with Gasteiger partial charge in [0.15, 0.2) is 0 Å². The van der Waals surface area contributed by atoms with E-state index in [1.54, 1.807) is 0 Å². The van der Waals surface area contributed by atoms with Gasteiger partial charge in [-0.05, 0) is 55.6 Å². The van der Waals surface area contributed by atoms with E-state index in [1.807, 2.05) is 91.5 Å². The predicted octanol–water partition coefficient (Wildman–Crippen LogP) is 6.39. The molecule has 164 valence electrons. The summed E-state index contributed by atoms with van der Waals surface area (Å²) in [4.78, 5) is 14.7. The number of halogens is 2. The van der Waals surface area contributed by atoms with Gasteiger partial charge in [0.1, 0.15) is 5.69 Å². The maximum Gasteiger partial charge on any atom is 0.352 e. The van der Waals surface area contributed by atoms with Gasteiger partial charge in [0.05, 0.1) is 0 Å². The van der Waals surface area contributed by atoms with Crippen LogP contribution >= 0.6 is 23.2 Å². The molecule has 0 unspecified atom stereocenters. The Bertz CT molecular complexity index is 1200. The van der Waals surface area contributed by atoms with Gasteiger partial charge in [-0.3, -0.25) is 0 Å². The molecule has 0 aliphatic rings. The molecule has 3 aromatic carbocycles. The molecule has 0 fully saturated rings. The van der Waals surface area contributed by atoms with Crippen LogP contribution in [0.4, 0.5) is 0 Å². The molecule has 32 heavy (non-hydrogen) atoms. The van der Waals surface area contributed by atoms with Gasteiger partial charge in [0.25, 0.3) is 0 Å². The van der Waals surface area contributed by atoms with E-state index in [-0.39, 0.29) is 5.92 Å². The number of benzene rings is 3. The Kier molecular flexibility index (Phi) is 6.56. The molecule has 0 bridgehead atoms. The van der Waals surface area contributed by atoms with Gasteiger partial charge in [-0.1, -0.05) is 65.7 Å². The molecule has 1 aromatic heterocycles. The van der Waals surface area contributed by atoms with Crippen molar-refractivity contribution in [1.82, 2.24) is 9.47 Å². The lowest BCUT2D eigenvalue weighted by Gasteiger charge is -2.20. The molecular formula is C26H24Cl2N2O2. The van der Waals surface area contributed by atoms with Crippen LogP contribution in [-0.2, 0) is 6.54 Å². The summed E-state index contributed by atoms with van der Waals surface area (Å²) in [5.74, 6) is -1.23. The average molecular weight is 467 g/mol. The molecule has 0 saturated heterocycles. The van der Waals surface area contributed by atoms with Gasteiger partial charge in [0, 0.05) is 45.5 Å². The highest BCUT2D eigenvalue weighted by Gasteiger charge is 2.30. The van der Waals surface area contributed by atoms with Crippen LogP contribution < -0.4 is 0 Å². The first-order valence-corrected chi connectivity index (χ1v) is 11.1. The molecule has 1 heterocycles. The number of rotatable bonds is 7. The third-order valence-electron chi connectivity index (χ3n) is 5.68. The molecule has 0 saturated carbocycles. The number of aromatic carboxylic acids is 1. The minimum atomic E-state index is -0.942. The lowest BCUT2D eigenvalue weighted by atomic mass is 9.83. The van der Waals surface area contributed by atoms with Gasteiger partial charge in [0.2, 0.25) is 0 Å². The van der Waals surface area contributed by atoms with Crippen LogP contribution in [0.15, 0.2) is 72.8 Å². The predicted molar refractivity (Wildman–Crippen MR) is 131 cm³/mol. The smallest absolute Gasteiger partial charge is 0.352 e. The van der Waals surface area contributed by atoms with Crippen molar-refractivity contribution >= 4 is 40.1 Å². The normalized spacial score (nSPS) is 11.6. The highest BCUT2D eigenvalue weighted by Crippen LogP contribution is 2.40. The zero-order valence-electron chi connectivity index (χ0n) is 17.9. The fourth-order valence-electron chi connectivity index (χ4n) is 4.22. The van der Waals surface area contributed by atoms with Crippen LogP contribution in [0.5, 0.6) is 0 Å². The van der Waals surface area contributed by atoms with Crippen molar-refractivity contribution in [1.29, 1.82) is 0 Å². The van der Waals surface area contributed by atoms with Gasteiger partial charge < -0.3 is 14.6 Å². The van der Waals surface area contributed by atoms with Gasteiger partial charge in [-0.15, -0.1) is 0 Å². The van der Waals surface area contributed by atoms with Gasteiger partial charge in [-0.25, -0.2) is 4.79 Å². The highest BCUT2D eigenvalue weighted by molar-refractivity contribution is 6.30. The fraction of sp³-hybridized carbons (Fsp3) is 0.192. The van der Waals surface area contributed by atoms with Gasteiger partial charge in [-0.2, -0.15) is 0 Å². The topological polar surface area (TPSA) is 45.5 Å². The quantitative estimate of drug-likeness (QED) is 0.343. The van der Waals surface area contributed by atoms with E-state index in [0.29, 0.717) is 22.3 Å². The third kappa shape index (κ3) is 4.40. The summed E-state index contributed by atoms with van der Waals surface area (Å²) < 4.78 is 1.92. The van der Waals surface area contributed by atoms with Crippen LogP contribution in [0.2, 0.25) is 10.0 Å². The second kappa shape index (κ2) is 9.37. The number of nitrogens with zero attached hydrogens (tertiary/aromatic N) is 2. The number of aromatic nitrogens is 1. The van der Waals surface area contributed by atoms with Crippen molar-refractivity contribution in [2.24, 2.45) is 0 Å². The van der Waals surface area contributed by atoms with E-state index in [4.69, 9.17) is 23.2 Å². The fourth-order valence-corrected chi connectivity index (χ4v) is 4.47. The number of hydrogen-bond acceptors (Lipinski definition) is 2. The molecule has 0 aliphatic carbocycles. The molecule has 0 radical (unpaired) electrons. The molecular weight excluding hydrogens is 443 g/mol. The first-order valence-electron chi connectivity index (χ1n) is 10.4. The van der Waals surface area contributed by atoms with Crippen molar-refractivity contribution in [3.05, 3.63) is 105 Å². The van der Waals surface area contributed by atoms with Crippen molar-refractivity contribution < 1.29 is 9.90 Å². The molecule has 0 atom stereocenters. The summed E-state index contributed by atoms with van der Waals surface area (Å²) in [7, 11) is 3.97. The largest absolute Gasteiger partial charge is 0.477 e. The second-order valence-corrected chi connectivity index (χ2v) is 8.95. The standard InChI is InChI=1S/C26H24Cl2N2O2/c1-29(2)15-16-30-22-6-4-3-5-21(22)24(25(30)26(31)32)23(17-7-11-19(27)12-8-17)18-9-13-20(28)14-10-18/h3-14,23H,15-16H2,1-2H3,(H,31,32). The third-order valence-corrected chi connectivity index (χ3v) is 6.18. The van der Waals surface area contributed by atoms with Gasteiger partial charge >= 0.3 is 5.97 Å². The molecule has 1 N–H and O–H groups in total. The SMILES string of the molecule is CN(C)CCn1c(C(=O)O)c(C(c2ccc(Cl)cc2)c2ccc(Cl)cc2)c2ccccc21. The summed E-state index contributed by atoms with van der Waals surface area (Å²) >= 11 is 12.3. The van der Waals surface area contributed by atoms with Crippen LogP contribution in [0.25, 0.3) is 10.9 Å². The number of para-hydroxylation sites is 1. The molecule has 0 amide bonds. The van der Waals surface area contributed by atoms with Crippen LogP contribution in [0.3, 0.4) is 0 Å². The molecule has 6 heteroatoms. The zero-order valence-corrected chi connectivity index (χ0v) is 19.4. The first-order chi connectivity index (χ1) is 15.4. The minimum absolute atomic E-state index is 0.291. The summed E-state index contributed by atoms with van der Waals surface area (Å²) in [6.45, 7) is 1.30. The number of hydrogen-bond donors (Lipinski definition) is 1. The Hall–Kier alpha value is -2.79. The number of fused-ring (bicyclic) bond motifs is 1. The van der Waals surface area contributed by atoms with Crippen molar-refractivity contribution in [2.45, 2.75) is 12.5 Å². The molecule has 4 rings (SSSR count). The van der Waals surface area contributed by atoms with E-state index in [0.717, 1.165) is 34.1 Å². The number of carboxylic acid groups (broad SMARTS) is 1.